The van der Waals surface area contributed by atoms with Crippen LogP contribution in [0.25, 0.3) is 0 Å². The molecular formula is C10H14O. The minimum absolute atomic E-state index is 0.956. The van der Waals surface area contributed by atoms with E-state index in [1.165, 1.54) is 5.56 Å². The van der Waals surface area contributed by atoms with E-state index in [-0.39, 0.29) is 0 Å². The third kappa shape index (κ3) is 2.89. The van der Waals surface area contributed by atoms with Gasteiger partial charge in [0.15, 0.2) is 0 Å². The molecule has 1 heteroatoms. The van der Waals surface area contributed by atoms with Gasteiger partial charge < -0.3 is 4.74 Å². The van der Waals surface area contributed by atoms with Gasteiger partial charge in [-0.2, -0.15) is 0 Å². The Bertz CT molecular complexity index is 206. The summed E-state index contributed by atoms with van der Waals surface area (Å²) in [7, 11) is 1.68. The molecule has 0 aliphatic carbocycles. The van der Waals surface area contributed by atoms with E-state index in [1.807, 2.05) is 31.2 Å². The van der Waals surface area contributed by atoms with Gasteiger partial charge in [0.1, 0.15) is 5.75 Å². The van der Waals surface area contributed by atoms with Gasteiger partial charge in [0.05, 0.1) is 7.11 Å². The molecule has 0 fully saturated rings. The number of benzene rings is 1. The van der Waals surface area contributed by atoms with Crippen LogP contribution in [0.2, 0.25) is 0 Å². The van der Waals surface area contributed by atoms with Crippen molar-refractivity contribution in [2.24, 2.45) is 0 Å². The maximum atomic E-state index is 5.04. The third-order valence-electron chi connectivity index (χ3n) is 1.31. The maximum Gasteiger partial charge on any atom is 0.121 e. The first-order valence-electron chi connectivity index (χ1n) is 3.44. The summed E-state index contributed by atoms with van der Waals surface area (Å²) < 4.78 is 5.04. The standard InChI is InChI=1S/C8H10O.C2H4/c1-7-5-3-4-6-8(7)9-2;1-2/h3-6H,1-2H3;1-2H2. The lowest BCUT2D eigenvalue weighted by molar-refractivity contribution is 0.411. The predicted molar refractivity (Wildman–Crippen MR) is 49.0 cm³/mol. The average molecular weight is 150 g/mol. The Morgan fingerprint density at radius 2 is 1.73 bits per heavy atom. The highest BCUT2D eigenvalue weighted by molar-refractivity contribution is 5.31. The summed E-state index contributed by atoms with van der Waals surface area (Å²) in [5.74, 6) is 0.956. The van der Waals surface area contributed by atoms with Crippen LogP contribution >= 0.6 is 0 Å². The minimum Gasteiger partial charge on any atom is -0.496 e. The Balaban J connectivity index is 0.000000461. The molecule has 0 bridgehead atoms. The highest BCUT2D eigenvalue weighted by Gasteiger charge is 1.90. The molecule has 0 N–H and O–H groups in total. The van der Waals surface area contributed by atoms with Crippen LogP contribution in [-0.4, -0.2) is 7.11 Å². The normalized spacial score (nSPS) is 7.82. The van der Waals surface area contributed by atoms with Crippen molar-refractivity contribution in [1.29, 1.82) is 0 Å². The monoisotopic (exact) mass is 150 g/mol. The highest BCUT2D eigenvalue weighted by atomic mass is 16.5. The van der Waals surface area contributed by atoms with Crippen LogP contribution in [0.1, 0.15) is 5.56 Å². The topological polar surface area (TPSA) is 9.23 Å². The quantitative estimate of drug-likeness (QED) is 0.559. The van der Waals surface area contributed by atoms with Crippen molar-refractivity contribution in [3.63, 3.8) is 0 Å². The fraction of sp³-hybridized carbons (Fsp3) is 0.200. The van der Waals surface area contributed by atoms with E-state index in [0.29, 0.717) is 0 Å². The van der Waals surface area contributed by atoms with E-state index < -0.39 is 0 Å². The first kappa shape index (κ1) is 9.76. The van der Waals surface area contributed by atoms with Gasteiger partial charge in [0.2, 0.25) is 0 Å². The summed E-state index contributed by atoms with van der Waals surface area (Å²) >= 11 is 0. The SMILES string of the molecule is C=C.COc1ccccc1C. The molecule has 11 heavy (non-hydrogen) atoms. The molecule has 1 rings (SSSR count). The van der Waals surface area contributed by atoms with Gasteiger partial charge in [-0.05, 0) is 18.6 Å². The fourth-order valence-electron chi connectivity index (χ4n) is 0.785. The minimum atomic E-state index is 0.956. The Hall–Kier alpha value is -1.24. The van der Waals surface area contributed by atoms with Gasteiger partial charge in [0, 0.05) is 0 Å². The molecule has 60 valence electrons. The average Bonchev–Trinajstić information content (AvgIpc) is 2.09. The number of ether oxygens (including phenoxy) is 1. The third-order valence-corrected chi connectivity index (χ3v) is 1.31. The Morgan fingerprint density at radius 3 is 2.09 bits per heavy atom. The van der Waals surface area contributed by atoms with Crippen LogP contribution in [0.15, 0.2) is 37.4 Å². The molecule has 1 aromatic rings. The molecule has 0 aliphatic rings. The van der Waals surface area contributed by atoms with E-state index in [9.17, 15) is 0 Å². The fourth-order valence-corrected chi connectivity index (χ4v) is 0.785. The first-order chi connectivity index (χ1) is 5.34. The number of aryl methyl sites for hydroxylation is 1. The van der Waals surface area contributed by atoms with Crippen molar-refractivity contribution in [2.75, 3.05) is 7.11 Å². The van der Waals surface area contributed by atoms with Gasteiger partial charge >= 0.3 is 0 Å². The van der Waals surface area contributed by atoms with Crippen molar-refractivity contribution in [2.45, 2.75) is 6.92 Å². The molecule has 0 spiro atoms. The first-order valence-corrected chi connectivity index (χ1v) is 3.44. The number of rotatable bonds is 1. The van der Waals surface area contributed by atoms with Crippen molar-refractivity contribution in [1.82, 2.24) is 0 Å². The van der Waals surface area contributed by atoms with E-state index in [0.717, 1.165) is 5.75 Å². The lowest BCUT2D eigenvalue weighted by Crippen LogP contribution is -1.84. The lowest BCUT2D eigenvalue weighted by atomic mass is 10.2. The van der Waals surface area contributed by atoms with Crippen LogP contribution in [0.3, 0.4) is 0 Å². The Kier molecular flexibility index (Phi) is 4.91. The van der Waals surface area contributed by atoms with Crippen molar-refractivity contribution < 1.29 is 4.74 Å². The zero-order valence-electron chi connectivity index (χ0n) is 7.13. The molecule has 0 unspecified atom stereocenters. The second-order valence-electron chi connectivity index (χ2n) is 1.97. The molecular weight excluding hydrogens is 136 g/mol. The molecule has 0 radical (unpaired) electrons. The zero-order valence-corrected chi connectivity index (χ0v) is 7.13. The lowest BCUT2D eigenvalue weighted by Gasteiger charge is -2.00. The van der Waals surface area contributed by atoms with Gasteiger partial charge in [-0.15, -0.1) is 13.2 Å². The predicted octanol–water partition coefficient (Wildman–Crippen LogP) is 2.81. The summed E-state index contributed by atoms with van der Waals surface area (Å²) in [5.41, 5.74) is 1.18. The van der Waals surface area contributed by atoms with Gasteiger partial charge in [0.25, 0.3) is 0 Å². The highest BCUT2D eigenvalue weighted by Crippen LogP contribution is 2.14. The zero-order chi connectivity index (χ0) is 8.69. The molecule has 0 aromatic heterocycles. The largest absolute Gasteiger partial charge is 0.496 e. The number of hydrogen-bond acceptors (Lipinski definition) is 1. The van der Waals surface area contributed by atoms with E-state index in [4.69, 9.17) is 4.74 Å². The smallest absolute Gasteiger partial charge is 0.121 e. The molecule has 0 aliphatic heterocycles. The van der Waals surface area contributed by atoms with Crippen molar-refractivity contribution in [3.05, 3.63) is 43.0 Å². The molecule has 0 saturated heterocycles. The van der Waals surface area contributed by atoms with Crippen LogP contribution in [0.5, 0.6) is 5.75 Å². The van der Waals surface area contributed by atoms with Crippen LogP contribution < -0.4 is 4.74 Å². The summed E-state index contributed by atoms with van der Waals surface area (Å²) in [6.07, 6.45) is 0. The van der Waals surface area contributed by atoms with Gasteiger partial charge in [-0.3, -0.25) is 0 Å². The molecule has 0 saturated carbocycles. The Labute approximate surface area is 68.3 Å². The Morgan fingerprint density at radius 1 is 1.18 bits per heavy atom. The number of methoxy groups -OCH3 is 1. The van der Waals surface area contributed by atoms with Crippen LogP contribution in [0.4, 0.5) is 0 Å². The summed E-state index contributed by atoms with van der Waals surface area (Å²) in [6.45, 7) is 8.03. The molecule has 0 amide bonds. The molecule has 0 heterocycles. The van der Waals surface area contributed by atoms with Crippen molar-refractivity contribution in [3.8, 4) is 5.75 Å². The van der Waals surface area contributed by atoms with E-state index in [1.54, 1.807) is 7.11 Å². The van der Waals surface area contributed by atoms with Crippen molar-refractivity contribution >= 4 is 0 Å². The van der Waals surface area contributed by atoms with Gasteiger partial charge in [-0.25, -0.2) is 0 Å². The second-order valence-corrected chi connectivity index (χ2v) is 1.97. The maximum absolute atomic E-state index is 5.04. The number of hydrogen-bond donors (Lipinski definition) is 0. The molecule has 0 atom stereocenters. The summed E-state index contributed by atoms with van der Waals surface area (Å²) in [4.78, 5) is 0. The second kappa shape index (κ2) is 5.54. The van der Waals surface area contributed by atoms with E-state index >= 15 is 0 Å². The molecule has 1 nitrogen and oxygen atoms in total. The summed E-state index contributed by atoms with van der Waals surface area (Å²) in [6, 6.07) is 7.94. The van der Waals surface area contributed by atoms with Crippen LogP contribution in [-0.2, 0) is 0 Å². The molecule has 1 aromatic carbocycles. The van der Waals surface area contributed by atoms with Gasteiger partial charge in [-0.1, -0.05) is 18.2 Å². The van der Waals surface area contributed by atoms with E-state index in [2.05, 4.69) is 13.2 Å². The van der Waals surface area contributed by atoms with Crippen LogP contribution in [0, 0.1) is 6.92 Å². The summed E-state index contributed by atoms with van der Waals surface area (Å²) in [5, 5.41) is 0. The number of para-hydroxylation sites is 1.